The van der Waals surface area contributed by atoms with Crippen molar-refractivity contribution in [1.82, 2.24) is 5.06 Å². The third-order valence-corrected chi connectivity index (χ3v) is 9.68. The Bertz CT molecular complexity index is 1000. The van der Waals surface area contributed by atoms with Gasteiger partial charge in [0.2, 0.25) is 8.32 Å². The van der Waals surface area contributed by atoms with Crippen LogP contribution < -0.4 is 0 Å². The minimum absolute atomic E-state index is 0.0450. The van der Waals surface area contributed by atoms with Gasteiger partial charge in [0.05, 0.1) is 24.3 Å². The van der Waals surface area contributed by atoms with Gasteiger partial charge in [0.25, 0.3) is 0 Å². The van der Waals surface area contributed by atoms with Gasteiger partial charge in [0, 0.05) is 6.54 Å². The van der Waals surface area contributed by atoms with Gasteiger partial charge in [-0.25, -0.2) is 0 Å². The van der Waals surface area contributed by atoms with Crippen molar-refractivity contribution in [2.45, 2.75) is 90.4 Å². The van der Waals surface area contributed by atoms with Gasteiger partial charge in [-0.2, -0.15) is 5.06 Å². The monoisotopic (exact) mass is 487 g/mol. The van der Waals surface area contributed by atoms with Crippen LogP contribution in [0.4, 0.5) is 0 Å². The van der Waals surface area contributed by atoms with Gasteiger partial charge in [-0.1, -0.05) is 50.2 Å². The zero-order valence-electron chi connectivity index (χ0n) is 21.7. The number of hydrogen-bond donors (Lipinski definition) is 2. The van der Waals surface area contributed by atoms with E-state index in [-0.39, 0.29) is 30.1 Å². The topological polar surface area (TPSA) is 79.2 Å². The molecule has 7 heteroatoms. The maximum absolute atomic E-state index is 13.1. The molecule has 0 saturated carbocycles. The molecule has 6 nitrogen and oxygen atoms in total. The summed E-state index contributed by atoms with van der Waals surface area (Å²) in [5, 5.41) is 25.0. The molecule has 0 bridgehead atoms. The van der Waals surface area contributed by atoms with Crippen molar-refractivity contribution in [3.05, 3.63) is 47.5 Å². The Kier molecular flexibility index (Phi) is 8.25. The summed E-state index contributed by atoms with van der Waals surface area (Å²) in [6, 6.07) is 11.5. The first-order valence-electron chi connectivity index (χ1n) is 12.3. The highest BCUT2D eigenvalue weighted by molar-refractivity contribution is 6.75. The van der Waals surface area contributed by atoms with Crippen molar-refractivity contribution in [3.63, 3.8) is 0 Å². The summed E-state index contributed by atoms with van der Waals surface area (Å²) in [4.78, 5) is 13.1. The van der Waals surface area contributed by atoms with Crippen molar-refractivity contribution < 1.29 is 24.3 Å². The first-order chi connectivity index (χ1) is 15.9. The summed E-state index contributed by atoms with van der Waals surface area (Å²) in [7, 11) is -2.57. The first-order valence-corrected chi connectivity index (χ1v) is 15.3. The number of carbonyl (C=O) groups is 1. The zero-order chi connectivity index (χ0) is 25.3. The van der Waals surface area contributed by atoms with E-state index in [4.69, 9.17) is 9.26 Å². The van der Waals surface area contributed by atoms with Gasteiger partial charge in [0.1, 0.15) is 5.60 Å². The average Bonchev–Trinajstić information content (AvgIpc) is 3.17. The van der Waals surface area contributed by atoms with E-state index < -0.39 is 20.0 Å². The summed E-state index contributed by atoms with van der Waals surface area (Å²) >= 11 is 0. The molecule has 0 amide bonds. The molecule has 2 aromatic carbocycles. The number of aliphatic hydroxyl groups is 2. The lowest BCUT2D eigenvalue weighted by atomic mass is 9.93. The van der Waals surface area contributed by atoms with Gasteiger partial charge >= 0.3 is 5.97 Å². The number of aliphatic hydroxyl groups excluding tert-OH is 2. The number of nitrogens with zero attached hydrogens (tertiary/aromatic N) is 1. The van der Waals surface area contributed by atoms with E-state index in [1.165, 1.54) is 0 Å². The second-order valence-corrected chi connectivity index (χ2v) is 15.3. The van der Waals surface area contributed by atoms with Gasteiger partial charge in [-0.05, 0) is 74.5 Å². The van der Waals surface area contributed by atoms with Crippen LogP contribution >= 0.6 is 0 Å². The van der Waals surface area contributed by atoms with Crippen molar-refractivity contribution in [2.75, 3.05) is 6.54 Å². The molecule has 0 radical (unpaired) electrons. The van der Waals surface area contributed by atoms with Crippen LogP contribution in [0, 0.1) is 5.92 Å². The predicted octanol–water partition coefficient (Wildman–Crippen LogP) is 5.33. The third kappa shape index (κ3) is 5.89. The Morgan fingerprint density at radius 1 is 1.15 bits per heavy atom. The molecule has 2 unspecified atom stereocenters. The van der Waals surface area contributed by atoms with Crippen LogP contribution in [0.15, 0.2) is 36.4 Å². The zero-order valence-corrected chi connectivity index (χ0v) is 22.7. The number of hydroxylamine groups is 2. The molecular formula is C27H41NO5Si. The summed E-state index contributed by atoms with van der Waals surface area (Å²) in [6.07, 6.45) is 0.974. The molecule has 188 valence electrons. The molecule has 3 atom stereocenters. The van der Waals surface area contributed by atoms with E-state index in [9.17, 15) is 15.0 Å². The largest absolute Gasteiger partial charge is 0.460 e. The molecule has 1 saturated heterocycles. The van der Waals surface area contributed by atoms with Crippen molar-refractivity contribution in [1.29, 1.82) is 0 Å². The van der Waals surface area contributed by atoms with Crippen LogP contribution in [0.25, 0.3) is 10.8 Å². The van der Waals surface area contributed by atoms with Crippen LogP contribution in [-0.4, -0.2) is 47.8 Å². The number of hydrogen-bond acceptors (Lipinski definition) is 6. The molecule has 1 aliphatic heterocycles. The van der Waals surface area contributed by atoms with E-state index in [0.717, 1.165) is 34.7 Å². The Hall–Kier alpha value is -1.77. The van der Waals surface area contributed by atoms with E-state index >= 15 is 0 Å². The fourth-order valence-electron chi connectivity index (χ4n) is 5.27. The van der Waals surface area contributed by atoms with Crippen LogP contribution in [-0.2, 0) is 20.7 Å². The first kappa shape index (κ1) is 26.8. The molecule has 3 rings (SSSR count). The average molecular weight is 488 g/mol. The summed E-state index contributed by atoms with van der Waals surface area (Å²) in [5.41, 5.74) is 0.801. The Morgan fingerprint density at radius 2 is 1.79 bits per heavy atom. The number of carbonyl (C=O) groups excluding carboxylic acids is 1. The standard InChI is InChI=1S/C27H41NO5Si/c1-18(2)25(26(31)32-27(3,4)5)34(6,7)33-28-16-10-13-23(28)24(30)22-15-14-19(17-29)20-11-8-9-12-21(20)22/h8-9,11-12,14-15,18,23-25,29-30H,10,13,16-17H2,1-7H3/t23-,24?,25?/m0/s1. The summed E-state index contributed by atoms with van der Waals surface area (Å²) in [6.45, 7) is 14.5. The molecule has 34 heavy (non-hydrogen) atoms. The fourth-order valence-corrected chi connectivity index (χ4v) is 8.44. The maximum atomic E-state index is 13.1. The number of benzene rings is 2. The van der Waals surface area contributed by atoms with Gasteiger partial charge in [-0.3, -0.25) is 4.79 Å². The second kappa shape index (κ2) is 10.5. The Morgan fingerprint density at radius 3 is 2.38 bits per heavy atom. The van der Waals surface area contributed by atoms with Crippen LogP contribution in [0.2, 0.25) is 18.6 Å². The van der Waals surface area contributed by atoms with E-state index in [1.54, 1.807) is 0 Å². The fraction of sp³-hybridized carbons (Fsp3) is 0.593. The van der Waals surface area contributed by atoms with Crippen LogP contribution in [0.5, 0.6) is 0 Å². The highest BCUT2D eigenvalue weighted by Crippen LogP contribution is 2.39. The second-order valence-electron chi connectivity index (χ2n) is 11.3. The summed E-state index contributed by atoms with van der Waals surface area (Å²) < 4.78 is 12.4. The van der Waals surface area contributed by atoms with Crippen molar-refractivity contribution >= 4 is 25.1 Å². The molecular weight excluding hydrogens is 446 g/mol. The number of esters is 1. The van der Waals surface area contributed by atoms with Crippen LogP contribution in [0.1, 0.15) is 64.7 Å². The quantitative estimate of drug-likeness (QED) is 0.387. The molecule has 1 fully saturated rings. The lowest BCUT2D eigenvalue weighted by molar-refractivity contribution is -0.158. The highest BCUT2D eigenvalue weighted by Gasteiger charge is 2.47. The van der Waals surface area contributed by atoms with Gasteiger partial charge in [0.15, 0.2) is 0 Å². The van der Waals surface area contributed by atoms with Gasteiger partial charge in [-0.15, -0.1) is 0 Å². The molecule has 0 spiro atoms. The van der Waals surface area contributed by atoms with E-state index in [0.29, 0.717) is 6.54 Å². The smallest absolute Gasteiger partial charge is 0.309 e. The lowest BCUT2D eigenvalue weighted by Crippen LogP contribution is -2.51. The minimum Gasteiger partial charge on any atom is -0.460 e. The number of rotatable bonds is 8. The number of fused-ring (bicyclic) bond motifs is 1. The molecule has 1 aliphatic rings. The normalized spacial score (nSPS) is 19.5. The highest BCUT2D eigenvalue weighted by atomic mass is 28.4. The Labute approximate surface area is 205 Å². The van der Waals surface area contributed by atoms with Crippen molar-refractivity contribution in [3.8, 4) is 0 Å². The SMILES string of the molecule is CC(C)C(C(=O)OC(C)(C)C)[Si](C)(C)ON1CCC[C@H]1C(O)c1ccc(CO)c2ccccc12. The Balaban J connectivity index is 1.86. The van der Waals surface area contributed by atoms with Gasteiger partial charge < -0.3 is 19.5 Å². The molecule has 1 heterocycles. The van der Waals surface area contributed by atoms with Crippen molar-refractivity contribution in [2.24, 2.45) is 5.92 Å². The lowest BCUT2D eigenvalue weighted by Gasteiger charge is -2.40. The molecule has 2 N–H and O–H groups in total. The summed E-state index contributed by atoms with van der Waals surface area (Å²) in [5.74, 6) is -0.126. The third-order valence-electron chi connectivity index (χ3n) is 6.58. The maximum Gasteiger partial charge on any atom is 0.309 e. The van der Waals surface area contributed by atoms with Crippen LogP contribution in [0.3, 0.4) is 0 Å². The van der Waals surface area contributed by atoms with E-state index in [2.05, 4.69) is 13.1 Å². The van der Waals surface area contributed by atoms with E-state index in [1.807, 2.05) is 76.1 Å². The minimum atomic E-state index is -2.57. The molecule has 0 aromatic heterocycles. The predicted molar refractivity (Wildman–Crippen MR) is 138 cm³/mol. The number of ether oxygens (including phenoxy) is 1. The molecule has 2 aromatic rings. The molecule has 0 aliphatic carbocycles.